The molecule has 4 rings (SSSR count). The highest BCUT2D eigenvalue weighted by Gasteiger charge is 2.97. The van der Waals surface area contributed by atoms with Crippen molar-refractivity contribution in [2.45, 2.75) is 165 Å². The van der Waals surface area contributed by atoms with E-state index < -0.39 is 163 Å². The van der Waals surface area contributed by atoms with Gasteiger partial charge in [0, 0.05) is 24.7 Å². The van der Waals surface area contributed by atoms with Gasteiger partial charge in [0.1, 0.15) is 5.75 Å². The second-order valence-electron chi connectivity index (χ2n) is 21.3. The molecule has 0 unspecified atom stereocenters. The highest BCUT2D eigenvalue weighted by molar-refractivity contribution is 7.80. The normalized spacial score (nSPS) is 17.1. The van der Waals surface area contributed by atoms with Crippen LogP contribution in [0, 0.1) is 0 Å². The van der Waals surface area contributed by atoms with Gasteiger partial charge in [-0.25, -0.2) is 0 Å². The summed E-state index contributed by atoms with van der Waals surface area (Å²) in [4.78, 5) is 1.38. The molecule has 1 aliphatic heterocycles. The van der Waals surface area contributed by atoms with E-state index in [4.69, 9.17) is 9.16 Å². The predicted octanol–water partition coefficient (Wildman–Crippen LogP) is 17.4. The van der Waals surface area contributed by atoms with E-state index in [2.05, 4.69) is 0 Å². The minimum absolute atomic E-state index is 0.0312. The van der Waals surface area contributed by atoms with E-state index in [1.54, 1.807) is 36.4 Å². The Hall–Kier alpha value is -4.30. The summed E-state index contributed by atoms with van der Waals surface area (Å²) in [5.41, 5.74) is -0.128. The summed E-state index contributed by atoms with van der Waals surface area (Å²) in [6.45, 7) is 2.62. The molecule has 0 amide bonds. The summed E-state index contributed by atoms with van der Waals surface area (Å²) in [5, 5.41) is 0.807. The fraction of sp³-hybridized carbons (Fsp3) is 0.625. The van der Waals surface area contributed by atoms with Gasteiger partial charge in [0.05, 0.1) is 33.5 Å². The van der Waals surface area contributed by atoms with Crippen molar-refractivity contribution in [3.05, 3.63) is 72.8 Å². The first kappa shape index (κ1) is 76.2. The van der Waals surface area contributed by atoms with Crippen LogP contribution in [-0.4, -0.2) is 138 Å². The minimum atomic E-state index is -8.88. The third-order valence-electron chi connectivity index (χ3n) is 14.3. The molecule has 0 radical (unpaired) electrons. The van der Waals surface area contributed by atoms with E-state index in [0.717, 1.165) is 39.4 Å². The Kier molecular flexibility index (Phi) is 20.5. The molecule has 1 aliphatic rings. The number of hydrogen-bond acceptors (Lipinski definition) is 3. The van der Waals surface area contributed by atoms with Crippen molar-refractivity contribution in [1.29, 1.82) is 0 Å². The summed E-state index contributed by atoms with van der Waals surface area (Å²) in [5.74, 6) is -117. The molecule has 88 heavy (non-hydrogen) atoms. The van der Waals surface area contributed by atoms with Crippen molar-refractivity contribution in [1.82, 2.24) is 0 Å². The summed E-state index contributed by atoms with van der Waals surface area (Å²) in [7, 11) is -9.69. The quantitative estimate of drug-likeness (QED) is 0.0431. The highest BCUT2D eigenvalue weighted by Crippen LogP contribution is 2.67. The number of hydrogen-bond donors (Lipinski definition) is 0. The van der Waals surface area contributed by atoms with Crippen LogP contribution >= 0.6 is 7.92 Å². The lowest BCUT2D eigenvalue weighted by atomic mass is 9.88. The zero-order valence-corrected chi connectivity index (χ0v) is 47.6. The van der Waals surface area contributed by atoms with Crippen LogP contribution in [0.25, 0.3) is 0 Å². The van der Waals surface area contributed by atoms with Crippen molar-refractivity contribution in [3.63, 3.8) is 0 Å². The molecule has 0 spiro atoms. The third-order valence-corrected chi connectivity index (χ3v) is 22.5. The molecule has 0 aromatic heterocycles. The largest absolute Gasteiger partial charge is 0.495 e. The molecule has 3 aromatic rings. The Bertz CT molecular complexity index is 2840. The number of rotatable bonds is 27. The maximum atomic E-state index is 15.5. The third kappa shape index (κ3) is 12.2. The van der Waals surface area contributed by atoms with E-state index in [-0.39, 0.29) is 35.6 Å². The van der Waals surface area contributed by atoms with E-state index in [1.807, 2.05) is 0 Å². The van der Waals surface area contributed by atoms with Gasteiger partial charge in [-0.05, 0) is 61.7 Å². The van der Waals surface area contributed by atoms with Gasteiger partial charge >= 0.3 is 95.3 Å². The molecule has 504 valence electrons. The molecule has 3 aromatic carbocycles. The molecular weight excluding hydrogens is 1360 g/mol. The van der Waals surface area contributed by atoms with E-state index in [0.29, 0.717) is 10.6 Å². The van der Waals surface area contributed by atoms with E-state index >= 15 is 26.3 Å². The first-order valence-corrected chi connectivity index (χ1v) is 32.1. The van der Waals surface area contributed by atoms with Crippen molar-refractivity contribution in [2.75, 3.05) is 25.2 Å². The van der Waals surface area contributed by atoms with Crippen LogP contribution in [0.4, 0.5) is 155 Å². The predicted molar refractivity (Wildman–Crippen MR) is 253 cm³/mol. The summed E-state index contributed by atoms with van der Waals surface area (Å²) < 4.78 is 491. The summed E-state index contributed by atoms with van der Waals surface area (Å²) >= 11 is 0. The number of anilines is 1. The molecule has 0 N–H and O–H groups in total. The van der Waals surface area contributed by atoms with Gasteiger partial charge in [-0.2, -0.15) is 149 Å². The minimum Gasteiger partial charge on any atom is -0.495 e. The Labute approximate surface area is 477 Å². The Balaban J connectivity index is 1.80. The van der Waals surface area contributed by atoms with Gasteiger partial charge in [0.2, 0.25) is 0 Å². The van der Waals surface area contributed by atoms with Crippen molar-refractivity contribution in [3.8, 4) is 5.75 Å². The van der Waals surface area contributed by atoms with Crippen LogP contribution in [0.5, 0.6) is 5.75 Å². The molecule has 40 heteroatoms. The molecule has 0 saturated carbocycles. The van der Waals surface area contributed by atoms with Crippen molar-refractivity contribution >= 4 is 51.1 Å². The first-order valence-electron chi connectivity index (χ1n) is 24.5. The zero-order chi connectivity index (χ0) is 68.8. The van der Waals surface area contributed by atoms with E-state index in [9.17, 15) is 123 Å². The maximum absolute atomic E-state index is 15.5. The van der Waals surface area contributed by atoms with Gasteiger partial charge in [-0.15, -0.1) is 0 Å². The molecule has 1 atom stereocenters. The molecular formula is C48H44F34NO2PSi2. The fourth-order valence-electron chi connectivity index (χ4n) is 8.81. The van der Waals surface area contributed by atoms with Gasteiger partial charge in [0.25, 0.3) is 0 Å². The van der Waals surface area contributed by atoms with Crippen molar-refractivity contribution < 1.29 is 158 Å². The smallest absolute Gasteiger partial charge is 0.460 e. The molecule has 0 aliphatic carbocycles. The Morgan fingerprint density at radius 3 is 1.10 bits per heavy atom. The Morgan fingerprint density at radius 1 is 0.432 bits per heavy atom. The molecule has 0 bridgehead atoms. The van der Waals surface area contributed by atoms with Crippen LogP contribution in [0.15, 0.2) is 72.8 Å². The zero-order valence-electron chi connectivity index (χ0n) is 44.7. The Morgan fingerprint density at radius 2 is 0.761 bits per heavy atom. The topological polar surface area (TPSA) is 21.7 Å². The van der Waals surface area contributed by atoms with Crippen LogP contribution < -0.4 is 30.7 Å². The van der Waals surface area contributed by atoms with Crippen LogP contribution in [0.2, 0.25) is 38.3 Å². The van der Waals surface area contributed by atoms with Gasteiger partial charge < -0.3 is 14.1 Å². The van der Waals surface area contributed by atoms with Crippen LogP contribution in [-0.2, 0) is 4.43 Å². The van der Waals surface area contributed by atoms with Gasteiger partial charge in [0.15, 0.2) is 8.32 Å². The van der Waals surface area contributed by atoms with Gasteiger partial charge in [-0.3, -0.25) is 0 Å². The highest BCUT2D eigenvalue weighted by atomic mass is 31.1. The number of ether oxygens (including phenoxy) is 1. The molecule has 1 fully saturated rings. The van der Waals surface area contributed by atoms with Gasteiger partial charge in [-0.1, -0.05) is 85.9 Å². The number of nitrogens with zero attached hydrogens (tertiary/aromatic N) is 1. The van der Waals surface area contributed by atoms with Crippen molar-refractivity contribution in [2.24, 2.45) is 0 Å². The number of alkyl halides is 34. The summed E-state index contributed by atoms with van der Waals surface area (Å²) in [6, 6.07) is 13.5. The first-order chi connectivity index (χ1) is 39.0. The van der Waals surface area contributed by atoms with Crippen LogP contribution in [0.1, 0.15) is 25.7 Å². The fourth-order valence-corrected chi connectivity index (χ4v) is 15.5. The molecule has 1 heterocycles. The van der Waals surface area contributed by atoms with Crippen LogP contribution in [0.3, 0.4) is 0 Å². The van der Waals surface area contributed by atoms with E-state index in [1.165, 1.54) is 35.2 Å². The monoisotopic (exact) mass is 1400 g/mol. The standard InChI is InChI=1S/C48H44F34NO2PSi2/c1-84-32-30(87(2,3)23-20-33(49,50)35(53,54)37(57,58)39(61,62)41(65,66)43(69,70)45(73,74)47(77,78)79)19-18-29(86(27-14-8-6-9-15-27)28-16-10-7-11-17-28)31(32)83-22-12-13-26(83)25-85-88(4,5)24-21-34(51,52)36(55,56)38(59,60)40(63,64)42(67,68)44(71,72)46(75,76)48(80,81)82/h6-11,14-19,26H,12-13,20-25H2,1-5H3/t26-/m0/s1. The second kappa shape index (κ2) is 23.7. The SMILES string of the molecule is COc1c([Si](C)(C)CCC(F)(F)C(F)(F)C(F)(F)C(F)(F)C(F)(F)C(F)(F)C(F)(F)C(F)(F)F)ccc(P(c2ccccc2)c2ccccc2)c1N1CCC[C@H]1CO[Si](C)(C)CCC(F)(F)C(F)(F)C(F)(F)C(F)(F)C(F)(F)C(F)(F)C(F)(F)C(F)(F)F. The summed E-state index contributed by atoms with van der Waals surface area (Å²) in [6.07, 6.45) is -21.7. The average molecular weight is 1400 g/mol. The number of methoxy groups -OCH3 is 1. The maximum Gasteiger partial charge on any atom is 0.460 e. The molecule has 1 saturated heterocycles. The lowest BCUT2D eigenvalue weighted by Gasteiger charge is -2.43. The second-order valence-corrected chi connectivity index (χ2v) is 32.6. The number of halogens is 34. The lowest BCUT2D eigenvalue weighted by Crippen LogP contribution is -2.74. The lowest BCUT2D eigenvalue weighted by molar-refractivity contribution is -0.461. The molecule has 3 nitrogen and oxygen atoms in total. The number of benzene rings is 3. The average Bonchev–Trinajstić information content (AvgIpc) is 0.779.